The van der Waals surface area contributed by atoms with E-state index in [1.54, 1.807) is 16.6 Å². The molecule has 1 saturated heterocycles. The maximum Gasteiger partial charge on any atom is 0.257 e. The Hall–Kier alpha value is -2.67. The SMILES string of the molecule is CCn1nc(C)cc1NC(=O)C1OCC(=O)N(C)C1c1ccccc1. The molecular formula is C18H22N4O3. The molecule has 25 heavy (non-hydrogen) atoms. The van der Waals surface area contributed by atoms with Crippen LogP contribution in [0.5, 0.6) is 0 Å². The molecule has 132 valence electrons. The Kier molecular flexibility index (Phi) is 4.85. The quantitative estimate of drug-likeness (QED) is 0.918. The highest BCUT2D eigenvalue weighted by Gasteiger charge is 2.40. The molecule has 2 atom stereocenters. The number of aryl methyl sites for hydroxylation is 2. The molecule has 3 rings (SSSR count). The summed E-state index contributed by atoms with van der Waals surface area (Å²) in [4.78, 5) is 26.5. The number of carbonyl (C=O) groups excluding carboxylic acids is 2. The first-order valence-electron chi connectivity index (χ1n) is 8.28. The Morgan fingerprint density at radius 2 is 2.08 bits per heavy atom. The van der Waals surface area contributed by atoms with E-state index in [0.717, 1.165) is 11.3 Å². The van der Waals surface area contributed by atoms with E-state index in [9.17, 15) is 9.59 Å². The van der Waals surface area contributed by atoms with Crippen LogP contribution in [0.4, 0.5) is 5.82 Å². The lowest BCUT2D eigenvalue weighted by atomic mass is 9.97. The number of anilines is 1. The summed E-state index contributed by atoms with van der Waals surface area (Å²) in [5.74, 6) is 0.190. The van der Waals surface area contributed by atoms with Gasteiger partial charge in [-0.15, -0.1) is 0 Å². The van der Waals surface area contributed by atoms with Gasteiger partial charge in [0.2, 0.25) is 5.91 Å². The maximum absolute atomic E-state index is 12.9. The fraction of sp³-hybridized carbons (Fsp3) is 0.389. The minimum Gasteiger partial charge on any atom is -0.356 e. The Morgan fingerprint density at radius 3 is 2.76 bits per heavy atom. The number of likely N-dealkylation sites (N-methyl/N-ethyl adjacent to an activating group) is 1. The fourth-order valence-corrected chi connectivity index (χ4v) is 3.06. The normalized spacial score (nSPS) is 20.6. The van der Waals surface area contributed by atoms with Gasteiger partial charge < -0.3 is 15.0 Å². The Morgan fingerprint density at radius 1 is 1.36 bits per heavy atom. The van der Waals surface area contributed by atoms with Crippen molar-refractivity contribution in [3.63, 3.8) is 0 Å². The van der Waals surface area contributed by atoms with E-state index < -0.39 is 12.1 Å². The first kappa shape index (κ1) is 17.2. The molecule has 2 aromatic rings. The van der Waals surface area contributed by atoms with E-state index in [4.69, 9.17) is 4.74 Å². The zero-order chi connectivity index (χ0) is 18.0. The van der Waals surface area contributed by atoms with Gasteiger partial charge in [-0.1, -0.05) is 30.3 Å². The Bertz CT molecular complexity index is 772. The van der Waals surface area contributed by atoms with Gasteiger partial charge in [0, 0.05) is 19.7 Å². The zero-order valence-electron chi connectivity index (χ0n) is 14.6. The van der Waals surface area contributed by atoms with E-state index in [-0.39, 0.29) is 18.4 Å². The lowest BCUT2D eigenvalue weighted by Crippen LogP contribution is -2.51. The van der Waals surface area contributed by atoms with Crippen molar-refractivity contribution in [3.05, 3.63) is 47.7 Å². The van der Waals surface area contributed by atoms with E-state index in [2.05, 4.69) is 10.4 Å². The predicted molar refractivity (Wildman–Crippen MR) is 93.0 cm³/mol. The van der Waals surface area contributed by atoms with Crippen LogP contribution in [0.15, 0.2) is 36.4 Å². The van der Waals surface area contributed by atoms with Crippen LogP contribution < -0.4 is 5.32 Å². The molecular weight excluding hydrogens is 320 g/mol. The highest BCUT2D eigenvalue weighted by atomic mass is 16.5. The number of ether oxygens (including phenoxy) is 1. The third-order valence-electron chi connectivity index (χ3n) is 4.34. The fourth-order valence-electron chi connectivity index (χ4n) is 3.06. The van der Waals surface area contributed by atoms with Crippen LogP contribution in [0, 0.1) is 6.92 Å². The molecule has 0 spiro atoms. The number of morpholine rings is 1. The number of hydrogen-bond acceptors (Lipinski definition) is 4. The largest absolute Gasteiger partial charge is 0.356 e. The van der Waals surface area contributed by atoms with Gasteiger partial charge in [-0.05, 0) is 19.4 Å². The van der Waals surface area contributed by atoms with Gasteiger partial charge in [-0.2, -0.15) is 5.10 Å². The zero-order valence-corrected chi connectivity index (χ0v) is 14.6. The number of hydrogen-bond donors (Lipinski definition) is 1. The van der Waals surface area contributed by atoms with Gasteiger partial charge in [-0.3, -0.25) is 9.59 Å². The molecule has 1 aromatic carbocycles. The topological polar surface area (TPSA) is 76.5 Å². The van der Waals surface area contributed by atoms with Crippen molar-refractivity contribution in [1.82, 2.24) is 14.7 Å². The van der Waals surface area contributed by atoms with Crippen LogP contribution >= 0.6 is 0 Å². The highest BCUT2D eigenvalue weighted by molar-refractivity contribution is 5.95. The molecule has 0 saturated carbocycles. The van der Waals surface area contributed by atoms with Gasteiger partial charge in [0.15, 0.2) is 6.10 Å². The van der Waals surface area contributed by atoms with Crippen molar-refractivity contribution >= 4 is 17.6 Å². The number of nitrogens with one attached hydrogen (secondary N) is 1. The monoisotopic (exact) mass is 342 g/mol. The number of carbonyl (C=O) groups is 2. The molecule has 1 N–H and O–H groups in total. The lowest BCUT2D eigenvalue weighted by Gasteiger charge is -2.38. The minimum atomic E-state index is -0.786. The molecule has 1 aromatic heterocycles. The molecule has 0 radical (unpaired) electrons. The molecule has 0 aliphatic carbocycles. The van der Waals surface area contributed by atoms with Crippen molar-refractivity contribution < 1.29 is 14.3 Å². The number of amides is 2. The van der Waals surface area contributed by atoms with Gasteiger partial charge in [-0.25, -0.2) is 4.68 Å². The van der Waals surface area contributed by atoms with E-state index in [0.29, 0.717) is 12.4 Å². The second-order valence-electron chi connectivity index (χ2n) is 6.07. The van der Waals surface area contributed by atoms with Crippen molar-refractivity contribution in [3.8, 4) is 0 Å². The van der Waals surface area contributed by atoms with Crippen LogP contribution in [-0.2, 0) is 20.9 Å². The van der Waals surface area contributed by atoms with Crippen LogP contribution in [0.1, 0.15) is 24.2 Å². The van der Waals surface area contributed by atoms with Crippen LogP contribution in [-0.4, -0.2) is 46.3 Å². The van der Waals surface area contributed by atoms with Gasteiger partial charge in [0.05, 0.1) is 11.7 Å². The summed E-state index contributed by atoms with van der Waals surface area (Å²) in [7, 11) is 1.70. The summed E-state index contributed by atoms with van der Waals surface area (Å²) >= 11 is 0. The standard InChI is InChI=1S/C18H22N4O3/c1-4-22-14(10-12(2)20-22)19-18(24)17-16(13-8-6-5-7-9-13)21(3)15(23)11-25-17/h5-10,16-17H,4,11H2,1-3H3,(H,19,24). The number of rotatable bonds is 4. The number of aromatic nitrogens is 2. The van der Waals surface area contributed by atoms with Crippen LogP contribution in [0.25, 0.3) is 0 Å². The first-order chi connectivity index (χ1) is 12.0. The third kappa shape index (κ3) is 3.41. The first-order valence-corrected chi connectivity index (χ1v) is 8.28. The lowest BCUT2D eigenvalue weighted by molar-refractivity contribution is -0.160. The molecule has 0 bridgehead atoms. The smallest absolute Gasteiger partial charge is 0.257 e. The molecule has 2 amide bonds. The minimum absolute atomic E-state index is 0.107. The van der Waals surface area contributed by atoms with E-state index in [1.165, 1.54) is 0 Å². The van der Waals surface area contributed by atoms with Crippen LogP contribution in [0.3, 0.4) is 0 Å². The molecule has 7 heteroatoms. The van der Waals surface area contributed by atoms with Crippen molar-refractivity contribution in [2.45, 2.75) is 32.5 Å². The van der Waals surface area contributed by atoms with E-state index >= 15 is 0 Å². The average Bonchev–Trinajstić information content (AvgIpc) is 2.97. The predicted octanol–water partition coefficient (Wildman–Crippen LogP) is 1.75. The average molecular weight is 342 g/mol. The van der Waals surface area contributed by atoms with Crippen molar-refractivity contribution in [1.29, 1.82) is 0 Å². The summed E-state index contributed by atoms with van der Waals surface area (Å²) in [5.41, 5.74) is 1.69. The number of nitrogens with zero attached hydrogens (tertiary/aromatic N) is 3. The molecule has 1 aliphatic heterocycles. The number of benzene rings is 1. The van der Waals surface area contributed by atoms with Crippen molar-refractivity contribution in [2.75, 3.05) is 19.0 Å². The second-order valence-corrected chi connectivity index (χ2v) is 6.07. The van der Waals surface area contributed by atoms with Crippen molar-refractivity contribution in [2.24, 2.45) is 0 Å². The molecule has 2 heterocycles. The maximum atomic E-state index is 12.9. The second kappa shape index (κ2) is 7.06. The van der Waals surface area contributed by atoms with Gasteiger partial charge in [0.25, 0.3) is 5.91 Å². The van der Waals surface area contributed by atoms with Crippen LogP contribution in [0.2, 0.25) is 0 Å². The van der Waals surface area contributed by atoms with Gasteiger partial charge >= 0.3 is 0 Å². The summed E-state index contributed by atoms with van der Waals surface area (Å²) in [5, 5.41) is 7.21. The summed E-state index contributed by atoms with van der Waals surface area (Å²) in [6, 6.07) is 10.8. The van der Waals surface area contributed by atoms with Gasteiger partial charge in [0.1, 0.15) is 12.4 Å². The molecule has 7 nitrogen and oxygen atoms in total. The third-order valence-corrected chi connectivity index (χ3v) is 4.34. The van der Waals surface area contributed by atoms with E-state index in [1.807, 2.05) is 50.2 Å². The molecule has 1 fully saturated rings. The highest BCUT2D eigenvalue weighted by Crippen LogP contribution is 2.29. The summed E-state index contributed by atoms with van der Waals surface area (Å²) < 4.78 is 7.33. The molecule has 2 unspecified atom stereocenters. The summed E-state index contributed by atoms with van der Waals surface area (Å²) in [6.45, 7) is 4.37. The summed E-state index contributed by atoms with van der Waals surface area (Å²) in [6.07, 6.45) is -0.786. The molecule has 1 aliphatic rings. The Balaban J connectivity index is 1.87. The Labute approximate surface area is 146 Å².